The van der Waals surface area contributed by atoms with E-state index in [4.69, 9.17) is 0 Å². The van der Waals surface area contributed by atoms with Crippen LogP contribution in [0.25, 0.3) is 0 Å². The minimum Gasteiger partial charge on any atom is -0.0873 e. The molecule has 0 saturated heterocycles. The minimum absolute atomic E-state index is 0.531. The first-order valence-corrected chi connectivity index (χ1v) is 4.83. The van der Waals surface area contributed by atoms with Crippen LogP contribution in [0.4, 0.5) is 0 Å². The zero-order chi connectivity index (χ0) is 8.67. The van der Waals surface area contributed by atoms with Gasteiger partial charge in [-0.3, -0.25) is 0 Å². The van der Waals surface area contributed by atoms with Crippen LogP contribution >= 0.6 is 0 Å². The molecular formula is C13H11. The molecule has 13 heavy (non-hydrogen) atoms. The van der Waals surface area contributed by atoms with Gasteiger partial charge in [0.05, 0.1) is 0 Å². The fourth-order valence-electron chi connectivity index (χ4n) is 2.24. The van der Waals surface area contributed by atoms with E-state index in [0.29, 0.717) is 5.92 Å². The summed E-state index contributed by atoms with van der Waals surface area (Å²) in [6.45, 7) is 0. The van der Waals surface area contributed by atoms with Gasteiger partial charge >= 0.3 is 0 Å². The summed E-state index contributed by atoms with van der Waals surface area (Å²) in [4.78, 5) is 0. The fourth-order valence-corrected chi connectivity index (χ4v) is 2.24. The summed E-state index contributed by atoms with van der Waals surface area (Å²) in [6.07, 6.45) is 19.0. The monoisotopic (exact) mass is 167 g/mol. The minimum atomic E-state index is 0.531. The third kappa shape index (κ3) is 0.983. The van der Waals surface area contributed by atoms with Crippen LogP contribution in [0.5, 0.6) is 0 Å². The number of rotatable bonds is 0. The van der Waals surface area contributed by atoms with Crippen LogP contribution in [-0.2, 0) is 0 Å². The molecule has 0 saturated carbocycles. The fraction of sp³-hybridized carbons (Fsp3) is 0.231. The van der Waals surface area contributed by atoms with E-state index in [1.165, 1.54) is 24.0 Å². The Morgan fingerprint density at radius 2 is 2.31 bits per heavy atom. The Kier molecular flexibility index (Phi) is 1.42. The van der Waals surface area contributed by atoms with E-state index in [-0.39, 0.29) is 0 Å². The number of hydrogen-bond donors (Lipinski definition) is 0. The van der Waals surface area contributed by atoms with Crippen LogP contribution in [0.2, 0.25) is 0 Å². The molecule has 3 rings (SSSR count). The van der Waals surface area contributed by atoms with Crippen molar-refractivity contribution in [2.45, 2.75) is 12.8 Å². The first-order valence-electron chi connectivity index (χ1n) is 4.83. The second kappa shape index (κ2) is 2.59. The predicted octanol–water partition coefficient (Wildman–Crippen LogP) is 3.12. The summed E-state index contributed by atoms with van der Waals surface area (Å²) in [6, 6.07) is 0. The highest BCUT2D eigenvalue weighted by Gasteiger charge is 2.24. The molecule has 3 aliphatic carbocycles. The Morgan fingerprint density at radius 3 is 3.31 bits per heavy atom. The maximum absolute atomic E-state index is 3.33. The van der Waals surface area contributed by atoms with Crippen molar-refractivity contribution in [3.63, 3.8) is 0 Å². The van der Waals surface area contributed by atoms with Gasteiger partial charge in [0.25, 0.3) is 0 Å². The molecule has 0 amide bonds. The maximum atomic E-state index is 3.33. The third-order valence-corrected chi connectivity index (χ3v) is 2.93. The van der Waals surface area contributed by atoms with Crippen LogP contribution in [0.3, 0.4) is 0 Å². The van der Waals surface area contributed by atoms with E-state index < -0.39 is 0 Å². The Balaban J connectivity index is 2.11. The van der Waals surface area contributed by atoms with E-state index >= 15 is 0 Å². The standard InChI is InChI=1S/C13H11/c1-2-6-12-10(4-1)8-9-11-5-3-7-13(11)12/h2-3,5-6,8-9,12H,1,4H2. The highest BCUT2D eigenvalue weighted by Crippen LogP contribution is 2.38. The van der Waals surface area contributed by atoms with E-state index in [2.05, 4.69) is 36.5 Å². The number of fused-ring (bicyclic) bond motifs is 3. The van der Waals surface area contributed by atoms with E-state index in [9.17, 15) is 0 Å². The van der Waals surface area contributed by atoms with E-state index in [1.54, 1.807) is 5.57 Å². The molecule has 0 aliphatic heterocycles. The molecule has 63 valence electrons. The van der Waals surface area contributed by atoms with Gasteiger partial charge in [-0.2, -0.15) is 0 Å². The molecule has 0 heteroatoms. The van der Waals surface area contributed by atoms with Crippen molar-refractivity contribution in [1.29, 1.82) is 0 Å². The molecular weight excluding hydrogens is 156 g/mol. The Morgan fingerprint density at radius 1 is 1.31 bits per heavy atom. The predicted molar refractivity (Wildman–Crippen MR) is 53.9 cm³/mol. The van der Waals surface area contributed by atoms with Crippen molar-refractivity contribution in [3.05, 3.63) is 59.3 Å². The second-order valence-corrected chi connectivity index (χ2v) is 3.70. The smallest absolute Gasteiger partial charge is 0.0243 e. The van der Waals surface area contributed by atoms with Gasteiger partial charge in [0.15, 0.2) is 0 Å². The number of hydrogen-bond acceptors (Lipinski definition) is 0. The van der Waals surface area contributed by atoms with Crippen molar-refractivity contribution in [2.75, 3.05) is 0 Å². The van der Waals surface area contributed by atoms with E-state index in [1.807, 2.05) is 6.08 Å². The summed E-state index contributed by atoms with van der Waals surface area (Å²) in [5.41, 5.74) is 4.27. The van der Waals surface area contributed by atoms with Crippen molar-refractivity contribution < 1.29 is 0 Å². The van der Waals surface area contributed by atoms with Gasteiger partial charge in [0, 0.05) is 5.92 Å². The second-order valence-electron chi connectivity index (χ2n) is 3.70. The summed E-state index contributed by atoms with van der Waals surface area (Å²) in [7, 11) is 0. The van der Waals surface area contributed by atoms with Gasteiger partial charge in [-0.1, -0.05) is 42.0 Å². The SMILES string of the molecule is [C]1=C2C(=CC=C3CCC=CC23)C=C1. The third-order valence-electron chi connectivity index (χ3n) is 2.93. The lowest BCUT2D eigenvalue weighted by atomic mass is 9.79. The Bertz CT molecular complexity index is 386. The lowest BCUT2D eigenvalue weighted by Gasteiger charge is -2.25. The highest BCUT2D eigenvalue weighted by molar-refractivity contribution is 5.56. The zero-order valence-corrected chi connectivity index (χ0v) is 7.46. The molecule has 0 aromatic rings. The van der Waals surface area contributed by atoms with Gasteiger partial charge < -0.3 is 0 Å². The normalized spacial score (nSPS) is 28.9. The van der Waals surface area contributed by atoms with Gasteiger partial charge in [0.1, 0.15) is 0 Å². The van der Waals surface area contributed by atoms with Crippen molar-refractivity contribution in [3.8, 4) is 0 Å². The Hall–Kier alpha value is -1.30. The molecule has 0 aromatic heterocycles. The van der Waals surface area contributed by atoms with Crippen molar-refractivity contribution >= 4 is 0 Å². The molecule has 0 bridgehead atoms. The lowest BCUT2D eigenvalue weighted by molar-refractivity contribution is 0.768. The summed E-state index contributed by atoms with van der Waals surface area (Å²) < 4.78 is 0. The molecule has 3 aliphatic rings. The first-order chi connectivity index (χ1) is 6.45. The van der Waals surface area contributed by atoms with Crippen LogP contribution in [0.15, 0.2) is 53.2 Å². The summed E-state index contributed by atoms with van der Waals surface area (Å²) >= 11 is 0. The van der Waals surface area contributed by atoms with Gasteiger partial charge in [-0.25, -0.2) is 0 Å². The average molecular weight is 167 g/mol. The van der Waals surface area contributed by atoms with Crippen LogP contribution < -0.4 is 0 Å². The molecule has 0 N–H and O–H groups in total. The van der Waals surface area contributed by atoms with Gasteiger partial charge in [-0.05, 0) is 30.1 Å². The van der Waals surface area contributed by atoms with Gasteiger partial charge in [-0.15, -0.1) is 0 Å². The van der Waals surface area contributed by atoms with Crippen LogP contribution in [0, 0.1) is 12.0 Å². The highest BCUT2D eigenvalue weighted by atomic mass is 14.3. The molecule has 1 radical (unpaired) electrons. The van der Waals surface area contributed by atoms with Crippen molar-refractivity contribution in [2.24, 2.45) is 5.92 Å². The summed E-state index contributed by atoms with van der Waals surface area (Å²) in [5.74, 6) is 0.531. The molecule has 1 atom stereocenters. The average Bonchev–Trinajstić information content (AvgIpc) is 2.65. The molecule has 0 aromatic carbocycles. The van der Waals surface area contributed by atoms with E-state index in [0.717, 1.165) is 0 Å². The summed E-state index contributed by atoms with van der Waals surface area (Å²) in [5, 5.41) is 0. The zero-order valence-electron chi connectivity index (χ0n) is 7.46. The lowest BCUT2D eigenvalue weighted by Crippen LogP contribution is -2.11. The van der Waals surface area contributed by atoms with Gasteiger partial charge in [0.2, 0.25) is 0 Å². The molecule has 0 spiro atoms. The van der Waals surface area contributed by atoms with Crippen LogP contribution in [-0.4, -0.2) is 0 Å². The molecule has 0 nitrogen and oxygen atoms in total. The maximum Gasteiger partial charge on any atom is 0.0243 e. The largest absolute Gasteiger partial charge is 0.0873 e. The number of allylic oxidation sites excluding steroid dienone is 10. The first kappa shape index (κ1) is 7.14. The Labute approximate surface area is 78.7 Å². The van der Waals surface area contributed by atoms with Crippen LogP contribution in [0.1, 0.15) is 12.8 Å². The quantitative estimate of drug-likeness (QED) is 0.486. The topological polar surface area (TPSA) is 0 Å². The molecule has 0 fully saturated rings. The molecule has 0 heterocycles. The molecule has 1 unspecified atom stereocenters. The van der Waals surface area contributed by atoms with Crippen molar-refractivity contribution in [1.82, 2.24) is 0 Å².